The van der Waals surface area contributed by atoms with Gasteiger partial charge in [-0.15, -0.1) is 0 Å². The molecule has 1 aromatic carbocycles. The first-order valence-electron chi connectivity index (χ1n) is 4.78. The molecular formula is C11H15BrFN. The second kappa shape index (κ2) is 5.35. The Labute approximate surface area is 92.8 Å². The maximum atomic E-state index is 12.9. The monoisotopic (exact) mass is 259 g/mol. The summed E-state index contributed by atoms with van der Waals surface area (Å²) in [5.74, 6) is 0.450. The van der Waals surface area contributed by atoms with Gasteiger partial charge in [-0.1, -0.05) is 29.8 Å². The second-order valence-corrected chi connectivity index (χ2v) is 4.68. The standard InChI is InChI=1S/C11H15BrFN/c1-8(2)3-4-14-11-6-9(12)5-10(13)7-11/h5-8,14H,3-4H2,1-2H3. The average molecular weight is 260 g/mol. The highest BCUT2D eigenvalue weighted by atomic mass is 79.9. The van der Waals surface area contributed by atoms with Crippen molar-refractivity contribution in [2.45, 2.75) is 20.3 Å². The van der Waals surface area contributed by atoms with Gasteiger partial charge in [-0.3, -0.25) is 0 Å². The Balaban J connectivity index is 2.50. The molecule has 0 saturated carbocycles. The third-order valence-electron chi connectivity index (χ3n) is 1.91. The van der Waals surface area contributed by atoms with Gasteiger partial charge >= 0.3 is 0 Å². The van der Waals surface area contributed by atoms with Gasteiger partial charge in [-0.2, -0.15) is 0 Å². The lowest BCUT2D eigenvalue weighted by atomic mass is 10.1. The van der Waals surface area contributed by atoms with Crippen molar-refractivity contribution in [2.75, 3.05) is 11.9 Å². The topological polar surface area (TPSA) is 12.0 Å². The quantitative estimate of drug-likeness (QED) is 0.861. The van der Waals surface area contributed by atoms with Gasteiger partial charge in [0, 0.05) is 16.7 Å². The Bertz CT molecular complexity index is 279. The minimum Gasteiger partial charge on any atom is -0.385 e. The van der Waals surface area contributed by atoms with Crippen molar-refractivity contribution < 1.29 is 4.39 Å². The molecule has 1 N–H and O–H groups in total. The summed E-state index contributed by atoms with van der Waals surface area (Å²) < 4.78 is 13.7. The molecule has 0 saturated heterocycles. The molecular weight excluding hydrogens is 245 g/mol. The third kappa shape index (κ3) is 4.09. The highest BCUT2D eigenvalue weighted by Crippen LogP contribution is 2.18. The number of halogens is 2. The molecule has 1 rings (SSSR count). The Morgan fingerprint density at radius 3 is 2.64 bits per heavy atom. The Hall–Kier alpha value is -0.570. The minimum atomic E-state index is -0.216. The molecule has 3 heteroatoms. The molecule has 0 aliphatic rings. The normalized spacial score (nSPS) is 10.6. The average Bonchev–Trinajstić information content (AvgIpc) is 2.01. The predicted molar refractivity (Wildman–Crippen MR) is 62.0 cm³/mol. The Kier molecular flexibility index (Phi) is 4.39. The fourth-order valence-corrected chi connectivity index (χ4v) is 1.63. The van der Waals surface area contributed by atoms with Crippen LogP contribution in [0.15, 0.2) is 22.7 Å². The van der Waals surface area contributed by atoms with E-state index in [9.17, 15) is 4.39 Å². The van der Waals surface area contributed by atoms with Crippen LogP contribution in [0.4, 0.5) is 10.1 Å². The number of rotatable bonds is 4. The second-order valence-electron chi connectivity index (χ2n) is 3.77. The van der Waals surface area contributed by atoms with Gasteiger partial charge in [-0.05, 0) is 30.5 Å². The van der Waals surface area contributed by atoms with Crippen molar-refractivity contribution in [2.24, 2.45) is 5.92 Å². The maximum Gasteiger partial charge on any atom is 0.126 e. The van der Waals surface area contributed by atoms with E-state index in [-0.39, 0.29) is 5.82 Å². The lowest BCUT2D eigenvalue weighted by Crippen LogP contribution is -2.04. The lowest BCUT2D eigenvalue weighted by Gasteiger charge is -2.08. The van der Waals surface area contributed by atoms with E-state index >= 15 is 0 Å². The van der Waals surface area contributed by atoms with Gasteiger partial charge in [0.2, 0.25) is 0 Å². The van der Waals surface area contributed by atoms with Gasteiger partial charge in [0.05, 0.1) is 0 Å². The van der Waals surface area contributed by atoms with E-state index in [0.29, 0.717) is 5.92 Å². The third-order valence-corrected chi connectivity index (χ3v) is 2.37. The van der Waals surface area contributed by atoms with Gasteiger partial charge < -0.3 is 5.32 Å². The van der Waals surface area contributed by atoms with Crippen LogP contribution in [0.1, 0.15) is 20.3 Å². The molecule has 0 atom stereocenters. The first-order chi connectivity index (χ1) is 6.58. The summed E-state index contributed by atoms with van der Waals surface area (Å²) in [4.78, 5) is 0. The van der Waals surface area contributed by atoms with Crippen molar-refractivity contribution in [3.05, 3.63) is 28.5 Å². The zero-order valence-electron chi connectivity index (χ0n) is 8.48. The highest BCUT2D eigenvalue weighted by Gasteiger charge is 1.99. The van der Waals surface area contributed by atoms with Crippen LogP contribution >= 0.6 is 15.9 Å². The molecule has 0 aliphatic heterocycles. The minimum absolute atomic E-state index is 0.216. The van der Waals surface area contributed by atoms with Crippen LogP contribution in [-0.4, -0.2) is 6.54 Å². The number of hydrogen-bond acceptors (Lipinski definition) is 1. The molecule has 14 heavy (non-hydrogen) atoms. The number of anilines is 1. The van der Waals surface area contributed by atoms with Gasteiger partial charge in [0.1, 0.15) is 5.82 Å². The summed E-state index contributed by atoms with van der Waals surface area (Å²) >= 11 is 3.25. The summed E-state index contributed by atoms with van der Waals surface area (Å²) in [6.07, 6.45) is 1.09. The van der Waals surface area contributed by atoms with Crippen LogP contribution in [0.5, 0.6) is 0 Å². The van der Waals surface area contributed by atoms with Crippen molar-refractivity contribution in [3.8, 4) is 0 Å². The molecule has 1 aromatic rings. The Morgan fingerprint density at radius 2 is 2.07 bits per heavy atom. The molecule has 0 fully saturated rings. The maximum absolute atomic E-state index is 12.9. The SMILES string of the molecule is CC(C)CCNc1cc(F)cc(Br)c1. The van der Waals surface area contributed by atoms with Crippen LogP contribution < -0.4 is 5.32 Å². The Morgan fingerprint density at radius 1 is 1.36 bits per heavy atom. The van der Waals surface area contributed by atoms with E-state index in [1.165, 1.54) is 12.1 Å². The van der Waals surface area contributed by atoms with Crippen molar-refractivity contribution >= 4 is 21.6 Å². The first kappa shape index (κ1) is 11.5. The van der Waals surface area contributed by atoms with Crippen LogP contribution in [0.3, 0.4) is 0 Å². The van der Waals surface area contributed by atoms with Crippen LogP contribution in [-0.2, 0) is 0 Å². The number of benzene rings is 1. The molecule has 78 valence electrons. The van der Waals surface area contributed by atoms with Crippen molar-refractivity contribution in [1.29, 1.82) is 0 Å². The van der Waals surface area contributed by atoms with E-state index in [1.807, 2.05) is 6.07 Å². The van der Waals surface area contributed by atoms with Crippen LogP contribution in [0, 0.1) is 11.7 Å². The molecule has 0 aliphatic carbocycles. The highest BCUT2D eigenvalue weighted by molar-refractivity contribution is 9.10. The van der Waals surface area contributed by atoms with Crippen LogP contribution in [0.25, 0.3) is 0 Å². The molecule has 0 radical (unpaired) electrons. The van der Waals surface area contributed by atoms with Gasteiger partial charge in [0.25, 0.3) is 0 Å². The fraction of sp³-hybridized carbons (Fsp3) is 0.455. The number of hydrogen-bond donors (Lipinski definition) is 1. The fourth-order valence-electron chi connectivity index (χ4n) is 1.16. The summed E-state index contributed by atoms with van der Waals surface area (Å²) in [7, 11) is 0. The molecule has 0 amide bonds. The lowest BCUT2D eigenvalue weighted by molar-refractivity contribution is 0.606. The molecule has 1 nitrogen and oxygen atoms in total. The van der Waals surface area contributed by atoms with E-state index in [1.54, 1.807) is 0 Å². The van der Waals surface area contributed by atoms with Crippen molar-refractivity contribution in [1.82, 2.24) is 0 Å². The summed E-state index contributed by atoms with van der Waals surface area (Å²) in [6, 6.07) is 4.84. The van der Waals surface area contributed by atoms with E-state index in [0.717, 1.165) is 23.1 Å². The van der Waals surface area contributed by atoms with E-state index in [2.05, 4.69) is 35.1 Å². The van der Waals surface area contributed by atoms with Crippen molar-refractivity contribution in [3.63, 3.8) is 0 Å². The van der Waals surface area contributed by atoms with Crippen LogP contribution in [0.2, 0.25) is 0 Å². The molecule has 0 heterocycles. The van der Waals surface area contributed by atoms with E-state index < -0.39 is 0 Å². The molecule has 0 unspecified atom stereocenters. The first-order valence-corrected chi connectivity index (χ1v) is 5.57. The smallest absolute Gasteiger partial charge is 0.126 e. The molecule has 0 spiro atoms. The van der Waals surface area contributed by atoms with Gasteiger partial charge in [0.15, 0.2) is 0 Å². The molecule has 0 aromatic heterocycles. The largest absolute Gasteiger partial charge is 0.385 e. The van der Waals surface area contributed by atoms with Gasteiger partial charge in [-0.25, -0.2) is 4.39 Å². The predicted octanol–water partition coefficient (Wildman–Crippen LogP) is 4.05. The summed E-state index contributed by atoms with van der Waals surface area (Å²) in [5.41, 5.74) is 0.831. The molecule has 0 bridgehead atoms. The zero-order chi connectivity index (χ0) is 10.6. The van der Waals surface area contributed by atoms with E-state index in [4.69, 9.17) is 0 Å². The number of nitrogens with one attached hydrogen (secondary N) is 1. The summed E-state index contributed by atoms with van der Waals surface area (Å²) in [6.45, 7) is 5.22. The summed E-state index contributed by atoms with van der Waals surface area (Å²) in [5, 5.41) is 3.19. The zero-order valence-corrected chi connectivity index (χ0v) is 10.1.